The van der Waals surface area contributed by atoms with Gasteiger partial charge >= 0.3 is 0 Å². The first-order chi connectivity index (χ1) is 20.8. The van der Waals surface area contributed by atoms with Gasteiger partial charge in [-0.1, -0.05) is 84.2 Å². The Hall–Kier alpha value is -4.80. The van der Waals surface area contributed by atoms with Gasteiger partial charge in [0.25, 0.3) is 0 Å². The van der Waals surface area contributed by atoms with Crippen LogP contribution in [0, 0.1) is 0 Å². The van der Waals surface area contributed by atoms with Gasteiger partial charge in [-0.3, -0.25) is 9.13 Å². The van der Waals surface area contributed by atoms with Crippen molar-refractivity contribution in [2.75, 3.05) is 0 Å². The molecule has 0 bridgehead atoms. The van der Waals surface area contributed by atoms with Crippen LogP contribution in [0.5, 0.6) is 0 Å². The number of hydrogen-bond acceptors (Lipinski definition) is 8. The molecule has 0 aliphatic heterocycles. The minimum atomic E-state index is 0.680. The van der Waals surface area contributed by atoms with Crippen molar-refractivity contribution in [2.24, 2.45) is 0 Å². The largest absolute Gasteiger partial charge is 0.461 e. The molecule has 0 fully saturated rings. The quantitative estimate of drug-likeness (QED) is 0.149. The van der Waals surface area contributed by atoms with Gasteiger partial charge in [0.05, 0.1) is 12.5 Å². The van der Waals surface area contributed by atoms with Gasteiger partial charge in [-0.05, 0) is 59.7 Å². The van der Waals surface area contributed by atoms with Gasteiger partial charge < -0.3 is 8.83 Å². The zero-order valence-corrected chi connectivity index (χ0v) is 23.9. The van der Waals surface area contributed by atoms with Gasteiger partial charge in [0, 0.05) is 22.9 Å². The van der Waals surface area contributed by atoms with Crippen molar-refractivity contribution >= 4 is 23.5 Å². The van der Waals surface area contributed by atoms with Crippen LogP contribution in [0.4, 0.5) is 0 Å². The van der Waals surface area contributed by atoms with Crippen LogP contribution < -0.4 is 0 Å². The highest BCUT2D eigenvalue weighted by Crippen LogP contribution is 2.32. The van der Waals surface area contributed by atoms with Crippen LogP contribution in [0.2, 0.25) is 0 Å². The molecule has 0 N–H and O–H groups in total. The second-order valence-corrected chi connectivity index (χ2v) is 11.2. The lowest BCUT2D eigenvalue weighted by molar-refractivity contribution is 0.575. The van der Waals surface area contributed by atoms with Crippen molar-refractivity contribution in [1.82, 2.24) is 29.5 Å². The summed E-state index contributed by atoms with van der Waals surface area (Å²) in [5.74, 6) is 4.23. The summed E-state index contributed by atoms with van der Waals surface area (Å²) in [6, 6.07) is 36.4. The second kappa shape index (κ2) is 12.0. The molecule has 8 nitrogen and oxygen atoms in total. The normalized spacial score (nSPS) is 11.2. The van der Waals surface area contributed by atoms with Crippen LogP contribution >= 0.6 is 23.5 Å². The summed E-state index contributed by atoms with van der Waals surface area (Å²) in [5, 5.41) is 19.5. The fourth-order valence-corrected chi connectivity index (χ4v) is 6.32. The van der Waals surface area contributed by atoms with Gasteiger partial charge in [-0.25, -0.2) is 0 Å². The predicted molar refractivity (Wildman–Crippen MR) is 164 cm³/mol. The first-order valence-electron chi connectivity index (χ1n) is 13.3. The fourth-order valence-electron chi connectivity index (χ4n) is 4.50. The zero-order valence-electron chi connectivity index (χ0n) is 22.3. The van der Waals surface area contributed by atoms with Gasteiger partial charge in [0.15, 0.2) is 21.8 Å². The Balaban J connectivity index is 1.06. The summed E-state index contributed by atoms with van der Waals surface area (Å²) in [6.07, 6.45) is 3.30. The Kier molecular flexibility index (Phi) is 7.45. The molecule has 0 amide bonds. The molecule has 0 aliphatic rings. The molecule has 42 heavy (non-hydrogen) atoms. The minimum Gasteiger partial charge on any atom is -0.461 e. The highest BCUT2D eigenvalue weighted by Gasteiger charge is 2.19. The molecule has 0 saturated carbocycles. The molecule has 0 unspecified atom stereocenters. The van der Waals surface area contributed by atoms with Gasteiger partial charge in [0.2, 0.25) is 11.6 Å². The van der Waals surface area contributed by atoms with E-state index in [4.69, 9.17) is 8.83 Å². The average Bonchev–Trinajstić information content (AvgIpc) is 3.87. The van der Waals surface area contributed by atoms with Crippen molar-refractivity contribution < 1.29 is 8.83 Å². The molecule has 0 aliphatic carbocycles. The third kappa shape index (κ3) is 5.41. The Labute approximate surface area is 250 Å². The van der Waals surface area contributed by atoms with E-state index in [1.165, 1.54) is 11.1 Å². The maximum Gasteiger partial charge on any atom is 0.205 e. The monoisotopic (exact) mass is 588 g/mol. The van der Waals surface area contributed by atoms with Crippen LogP contribution in [0.3, 0.4) is 0 Å². The number of thioether (sulfide) groups is 2. The molecule has 3 aromatic carbocycles. The minimum absolute atomic E-state index is 0.680. The van der Waals surface area contributed by atoms with Crippen LogP contribution in [-0.4, -0.2) is 29.5 Å². The first kappa shape index (κ1) is 26.1. The summed E-state index contributed by atoms with van der Waals surface area (Å²) in [7, 11) is 0. The first-order valence-corrected chi connectivity index (χ1v) is 15.2. The molecule has 206 valence electrons. The van der Waals surface area contributed by atoms with Gasteiger partial charge in [0.1, 0.15) is 0 Å². The predicted octanol–water partition coefficient (Wildman–Crippen LogP) is 7.95. The zero-order chi connectivity index (χ0) is 28.1. The maximum absolute atomic E-state index is 5.63. The Morgan fingerprint density at radius 2 is 0.905 bits per heavy atom. The Bertz CT molecular complexity index is 1730. The number of furan rings is 2. The molecule has 4 heterocycles. The van der Waals surface area contributed by atoms with E-state index in [0.717, 1.165) is 33.2 Å². The van der Waals surface area contributed by atoms with Crippen molar-refractivity contribution in [2.45, 2.75) is 21.8 Å². The molecule has 0 atom stereocenters. The molecule has 0 saturated heterocycles. The van der Waals surface area contributed by atoms with Crippen LogP contribution in [0.1, 0.15) is 11.1 Å². The van der Waals surface area contributed by atoms with Gasteiger partial charge in [-0.15, -0.1) is 20.4 Å². The summed E-state index contributed by atoms with van der Waals surface area (Å²) in [6.45, 7) is 0. The summed E-state index contributed by atoms with van der Waals surface area (Å²) in [4.78, 5) is 0. The smallest absolute Gasteiger partial charge is 0.205 e. The number of nitrogens with zero attached hydrogens (tertiary/aromatic N) is 6. The number of benzene rings is 3. The topological polar surface area (TPSA) is 87.7 Å². The van der Waals surface area contributed by atoms with E-state index in [1.807, 2.05) is 94.1 Å². The van der Waals surface area contributed by atoms with E-state index in [-0.39, 0.29) is 0 Å². The standard InChI is InChI=1S/C32H24N6O2S2/c1-3-9-25(10-4-1)37-29(27-13-7-19-39-27)33-35-31(37)41-21-23-15-17-24(18-16-23)22-42-32-36-34-30(28-14-8-20-40-28)38(32)26-11-5-2-6-12-26/h1-20H,21-22H2. The van der Waals surface area contributed by atoms with E-state index in [9.17, 15) is 0 Å². The molecule has 7 rings (SSSR count). The van der Waals surface area contributed by atoms with E-state index in [0.29, 0.717) is 23.2 Å². The summed E-state index contributed by atoms with van der Waals surface area (Å²) in [5.41, 5.74) is 4.37. The summed E-state index contributed by atoms with van der Waals surface area (Å²) >= 11 is 3.28. The third-order valence-corrected chi connectivity index (χ3v) is 8.54. The molecular weight excluding hydrogens is 565 g/mol. The van der Waals surface area contributed by atoms with Crippen LogP contribution in [0.25, 0.3) is 34.5 Å². The highest BCUT2D eigenvalue weighted by molar-refractivity contribution is 7.98. The van der Waals surface area contributed by atoms with Crippen molar-refractivity contribution in [3.63, 3.8) is 0 Å². The number of hydrogen-bond donors (Lipinski definition) is 0. The summed E-state index contributed by atoms with van der Waals surface area (Å²) < 4.78 is 15.3. The second-order valence-electron chi connectivity index (χ2n) is 9.30. The molecule has 4 aromatic heterocycles. The van der Waals surface area contributed by atoms with E-state index < -0.39 is 0 Å². The van der Waals surface area contributed by atoms with Crippen molar-refractivity contribution in [3.8, 4) is 34.5 Å². The Morgan fingerprint density at radius 3 is 1.29 bits per heavy atom. The van der Waals surface area contributed by atoms with Gasteiger partial charge in [-0.2, -0.15) is 0 Å². The highest BCUT2D eigenvalue weighted by atomic mass is 32.2. The van der Waals surface area contributed by atoms with Crippen LogP contribution in [-0.2, 0) is 11.5 Å². The molecule has 7 aromatic rings. The number of para-hydroxylation sites is 2. The van der Waals surface area contributed by atoms with Crippen molar-refractivity contribution in [1.29, 1.82) is 0 Å². The average molecular weight is 589 g/mol. The molecule has 10 heteroatoms. The molecule has 0 radical (unpaired) electrons. The fraction of sp³-hybridized carbons (Fsp3) is 0.0625. The van der Waals surface area contributed by atoms with E-state index in [2.05, 4.69) is 44.7 Å². The van der Waals surface area contributed by atoms with E-state index in [1.54, 1.807) is 36.1 Å². The molecule has 0 spiro atoms. The number of aromatic nitrogens is 6. The third-order valence-electron chi connectivity index (χ3n) is 6.54. The Morgan fingerprint density at radius 1 is 0.476 bits per heavy atom. The molecular formula is C32H24N6O2S2. The lowest BCUT2D eigenvalue weighted by Crippen LogP contribution is -1.99. The SMILES string of the molecule is c1ccc(-n2c(SCc3ccc(CSc4nnc(-c5ccco5)n4-c4ccccc4)cc3)nnc2-c2ccco2)cc1. The lowest BCUT2D eigenvalue weighted by atomic mass is 10.2. The maximum atomic E-state index is 5.63. The lowest BCUT2D eigenvalue weighted by Gasteiger charge is -2.10. The van der Waals surface area contributed by atoms with Crippen molar-refractivity contribution in [3.05, 3.63) is 133 Å². The van der Waals surface area contributed by atoms with Crippen LogP contribution in [0.15, 0.2) is 141 Å². The van der Waals surface area contributed by atoms with E-state index >= 15 is 0 Å². The number of rotatable bonds is 10.